The summed E-state index contributed by atoms with van der Waals surface area (Å²) in [4.78, 5) is 24.0. The second-order valence-corrected chi connectivity index (χ2v) is 7.13. The van der Waals surface area contributed by atoms with Gasteiger partial charge in [0.05, 0.1) is 0 Å². The molecule has 1 rings (SSSR count). The van der Waals surface area contributed by atoms with Crippen LogP contribution in [0, 0.1) is 29.6 Å². The Balaban J connectivity index is 2.76. The van der Waals surface area contributed by atoms with Crippen LogP contribution in [0.15, 0.2) is 0 Å². The summed E-state index contributed by atoms with van der Waals surface area (Å²) in [5, 5.41) is 0. The predicted molar refractivity (Wildman–Crippen MR) is 80.2 cm³/mol. The highest BCUT2D eigenvalue weighted by molar-refractivity contribution is 5.98. The molecule has 1 aliphatic carbocycles. The molecule has 0 heterocycles. The fraction of sp³-hybridized carbons (Fsp3) is 0.882. The molecule has 1 aliphatic rings. The fourth-order valence-electron chi connectivity index (χ4n) is 3.38. The molecule has 20 heavy (non-hydrogen) atoms. The van der Waals surface area contributed by atoms with Gasteiger partial charge in [0.2, 0.25) is 0 Å². The number of ether oxygens (including phenoxy) is 1. The minimum absolute atomic E-state index is 0.00138. The molecule has 0 aliphatic heterocycles. The van der Waals surface area contributed by atoms with Gasteiger partial charge in [-0.2, -0.15) is 0 Å². The standard InChI is InChI=1S/C17H30O3/c1-10(2)14-8-7-12(5)9-15(14)20-17(19)16(11(3)4)13(6)18/h10-12,14-16H,7-9H2,1-6H3/t12-,14-,15-,16-/m1/s1. The SMILES string of the molecule is CC(=O)[C@H](C(=O)O[C@@H]1C[C@H](C)CC[C@@H]1C(C)C)C(C)C. The third-order valence-electron chi connectivity index (χ3n) is 4.59. The summed E-state index contributed by atoms with van der Waals surface area (Å²) in [5.41, 5.74) is 0. The maximum atomic E-state index is 12.3. The van der Waals surface area contributed by atoms with E-state index in [1.54, 1.807) is 0 Å². The van der Waals surface area contributed by atoms with Gasteiger partial charge in [-0.3, -0.25) is 9.59 Å². The zero-order valence-electron chi connectivity index (χ0n) is 13.8. The second kappa shape index (κ2) is 7.24. The molecule has 0 bridgehead atoms. The lowest BCUT2D eigenvalue weighted by Gasteiger charge is -2.37. The number of carbonyl (C=O) groups is 2. The lowest BCUT2D eigenvalue weighted by molar-refractivity contribution is -0.164. The van der Waals surface area contributed by atoms with Gasteiger partial charge < -0.3 is 4.74 Å². The van der Waals surface area contributed by atoms with Gasteiger partial charge in [0, 0.05) is 0 Å². The van der Waals surface area contributed by atoms with E-state index in [-0.39, 0.29) is 23.8 Å². The van der Waals surface area contributed by atoms with Gasteiger partial charge in [0.15, 0.2) is 0 Å². The molecule has 0 unspecified atom stereocenters. The van der Waals surface area contributed by atoms with Crippen LogP contribution in [0.1, 0.15) is 60.8 Å². The van der Waals surface area contributed by atoms with Crippen LogP contribution in [-0.2, 0) is 14.3 Å². The molecule has 0 aromatic rings. The van der Waals surface area contributed by atoms with E-state index in [2.05, 4.69) is 20.8 Å². The molecule has 0 radical (unpaired) electrons. The molecule has 116 valence electrons. The molecular weight excluding hydrogens is 252 g/mol. The maximum absolute atomic E-state index is 12.3. The Kier molecular flexibility index (Phi) is 6.22. The Morgan fingerprint density at radius 2 is 1.70 bits per heavy atom. The molecule has 0 aromatic carbocycles. The first-order chi connectivity index (χ1) is 9.23. The predicted octanol–water partition coefficient (Wildman–Crippen LogP) is 3.85. The van der Waals surface area contributed by atoms with E-state index in [0.29, 0.717) is 17.8 Å². The first-order valence-electron chi connectivity index (χ1n) is 7.95. The highest BCUT2D eigenvalue weighted by Gasteiger charge is 2.36. The van der Waals surface area contributed by atoms with Gasteiger partial charge >= 0.3 is 5.97 Å². The molecule has 1 saturated carbocycles. The summed E-state index contributed by atoms with van der Waals surface area (Å²) in [6.45, 7) is 11.9. The Bertz CT molecular complexity index is 346. The van der Waals surface area contributed by atoms with Crippen molar-refractivity contribution in [1.82, 2.24) is 0 Å². The molecule has 0 aromatic heterocycles. The summed E-state index contributed by atoms with van der Waals surface area (Å²) in [6, 6.07) is 0. The van der Waals surface area contributed by atoms with Crippen LogP contribution in [0.5, 0.6) is 0 Å². The number of rotatable bonds is 5. The van der Waals surface area contributed by atoms with Crippen molar-refractivity contribution in [2.45, 2.75) is 66.9 Å². The van der Waals surface area contributed by atoms with Crippen molar-refractivity contribution < 1.29 is 14.3 Å². The van der Waals surface area contributed by atoms with E-state index in [1.807, 2.05) is 13.8 Å². The van der Waals surface area contributed by atoms with Crippen LogP contribution >= 0.6 is 0 Å². The van der Waals surface area contributed by atoms with E-state index in [9.17, 15) is 9.59 Å². The van der Waals surface area contributed by atoms with Gasteiger partial charge in [0.25, 0.3) is 0 Å². The van der Waals surface area contributed by atoms with Crippen molar-refractivity contribution >= 4 is 11.8 Å². The summed E-state index contributed by atoms with van der Waals surface area (Å²) < 4.78 is 5.76. The third-order valence-corrected chi connectivity index (χ3v) is 4.59. The minimum Gasteiger partial charge on any atom is -0.462 e. The molecule has 0 spiro atoms. The highest BCUT2D eigenvalue weighted by atomic mass is 16.5. The molecule has 4 atom stereocenters. The molecule has 3 heteroatoms. The van der Waals surface area contributed by atoms with Gasteiger partial charge in [0.1, 0.15) is 17.8 Å². The lowest BCUT2D eigenvalue weighted by atomic mass is 9.75. The smallest absolute Gasteiger partial charge is 0.317 e. The molecule has 3 nitrogen and oxygen atoms in total. The first kappa shape index (κ1) is 17.2. The van der Waals surface area contributed by atoms with Crippen molar-refractivity contribution in [3.8, 4) is 0 Å². The maximum Gasteiger partial charge on any atom is 0.317 e. The fourth-order valence-corrected chi connectivity index (χ4v) is 3.38. The average molecular weight is 282 g/mol. The van der Waals surface area contributed by atoms with Crippen molar-refractivity contribution in [2.24, 2.45) is 29.6 Å². The zero-order chi connectivity index (χ0) is 15.4. The molecule has 1 fully saturated rings. The van der Waals surface area contributed by atoms with Crippen LogP contribution in [0.3, 0.4) is 0 Å². The molecular formula is C17H30O3. The normalized spacial score (nSPS) is 28.5. The number of hydrogen-bond donors (Lipinski definition) is 0. The van der Waals surface area contributed by atoms with E-state index >= 15 is 0 Å². The zero-order valence-corrected chi connectivity index (χ0v) is 13.8. The molecule has 0 N–H and O–H groups in total. The lowest BCUT2D eigenvalue weighted by Crippen LogP contribution is -2.39. The van der Waals surface area contributed by atoms with Crippen LogP contribution in [0.2, 0.25) is 0 Å². The number of esters is 1. The van der Waals surface area contributed by atoms with E-state index in [0.717, 1.165) is 12.8 Å². The molecule has 0 amide bonds. The van der Waals surface area contributed by atoms with Gasteiger partial charge in [-0.25, -0.2) is 0 Å². The Labute approximate surface area is 123 Å². The van der Waals surface area contributed by atoms with E-state index in [1.165, 1.54) is 13.3 Å². The topological polar surface area (TPSA) is 43.4 Å². The highest BCUT2D eigenvalue weighted by Crippen LogP contribution is 2.36. The minimum atomic E-state index is -0.611. The Hall–Kier alpha value is -0.860. The first-order valence-corrected chi connectivity index (χ1v) is 7.95. The monoisotopic (exact) mass is 282 g/mol. The van der Waals surface area contributed by atoms with Crippen LogP contribution < -0.4 is 0 Å². The number of ketones is 1. The average Bonchev–Trinajstić information content (AvgIpc) is 2.26. The van der Waals surface area contributed by atoms with Crippen molar-refractivity contribution in [2.75, 3.05) is 0 Å². The van der Waals surface area contributed by atoms with Crippen LogP contribution in [0.25, 0.3) is 0 Å². The second-order valence-electron chi connectivity index (χ2n) is 7.13. The number of Topliss-reactive ketones (excluding diaryl/α,β-unsaturated/α-hetero) is 1. The number of hydrogen-bond acceptors (Lipinski definition) is 3. The van der Waals surface area contributed by atoms with Crippen LogP contribution in [0.4, 0.5) is 0 Å². The molecule has 0 saturated heterocycles. The summed E-state index contributed by atoms with van der Waals surface area (Å²) in [7, 11) is 0. The summed E-state index contributed by atoms with van der Waals surface area (Å²) in [6.07, 6.45) is 3.23. The summed E-state index contributed by atoms with van der Waals surface area (Å²) >= 11 is 0. The van der Waals surface area contributed by atoms with Gasteiger partial charge in [-0.05, 0) is 43.4 Å². The van der Waals surface area contributed by atoms with Crippen molar-refractivity contribution in [1.29, 1.82) is 0 Å². The van der Waals surface area contributed by atoms with Gasteiger partial charge in [-0.1, -0.05) is 41.0 Å². The number of carbonyl (C=O) groups excluding carboxylic acids is 2. The summed E-state index contributed by atoms with van der Waals surface area (Å²) in [5.74, 6) is 0.508. The van der Waals surface area contributed by atoms with E-state index in [4.69, 9.17) is 4.74 Å². The third kappa shape index (κ3) is 4.32. The van der Waals surface area contributed by atoms with E-state index < -0.39 is 5.92 Å². The van der Waals surface area contributed by atoms with Gasteiger partial charge in [-0.15, -0.1) is 0 Å². The van der Waals surface area contributed by atoms with Crippen molar-refractivity contribution in [3.63, 3.8) is 0 Å². The van der Waals surface area contributed by atoms with Crippen LogP contribution in [-0.4, -0.2) is 17.9 Å². The Morgan fingerprint density at radius 1 is 1.10 bits per heavy atom. The Morgan fingerprint density at radius 3 is 2.15 bits per heavy atom. The quantitative estimate of drug-likeness (QED) is 0.568. The van der Waals surface area contributed by atoms with Crippen molar-refractivity contribution in [3.05, 3.63) is 0 Å². The largest absolute Gasteiger partial charge is 0.462 e.